The first-order valence-electron chi connectivity index (χ1n) is 4.48. The fraction of sp³-hybridized carbons (Fsp3) is 0. The summed E-state index contributed by atoms with van der Waals surface area (Å²) in [5.74, 6) is 0. The molecule has 18 heavy (non-hydrogen) atoms. The predicted molar refractivity (Wildman–Crippen MR) is 77.1 cm³/mol. The maximum absolute atomic E-state index is 12.0. The number of thiazole rings is 1. The van der Waals surface area contributed by atoms with Gasteiger partial charge in [0.25, 0.3) is 10.0 Å². The van der Waals surface area contributed by atoms with E-state index in [-0.39, 0.29) is 8.68 Å². The Morgan fingerprint density at radius 2 is 2.06 bits per heavy atom. The van der Waals surface area contributed by atoms with Gasteiger partial charge < -0.3 is 0 Å². The highest BCUT2D eigenvalue weighted by Gasteiger charge is 2.18. The van der Waals surface area contributed by atoms with Crippen LogP contribution in [0.2, 0.25) is 9.49 Å². The fourth-order valence-corrected chi connectivity index (χ4v) is 3.90. The van der Waals surface area contributed by atoms with Crippen molar-refractivity contribution >= 4 is 66.2 Å². The van der Waals surface area contributed by atoms with Crippen LogP contribution in [0, 0.1) is 0 Å². The zero-order chi connectivity index (χ0) is 13.3. The molecule has 0 aliphatic carbocycles. The molecule has 1 aromatic heterocycles. The molecule has 0 spiro atoms. The Labute approximate surface area is 126 Å². The number of nitrogens with one attached hydrogen (secondary N) is 1. The average Bonchev–Trinajstić information content (AvgIpc) is 2.71. The number of benzene rings is 1. The van der Waals surface area contributed by atoms with E-state index in [9.17, 15) is 8.42 Å². The summed E-state index contributed by atoms with van der Waals surface area (Å²) in [5, 5.41) is 0.414. The van der Waals surface area contributed by atoms with Crippen LogP contribution in [0.4, 0.5) is 5.69 Å². The second-order valence-electron chi connectivity index (χ2n) is 3.17. The molecule has 0 saturated carbocycles. The third-order valence-electron chi connectivity index (χ3n) is 1.89. The lowest BCUT2D eigenvalue weighted by Crippen LogP contribution is -2.11. The van der Waals surface area contributed by atoms with E-state index in [2.05, 4.69) is 25.6 Å². The van der Waals surface area contributed by atoms with Crippen molar-refractivity contribution in [2.75, 3.05) is 4.72 Å². The summed E-state index contributed by atoms with van der Waals surface area (Å²) in [6, 6.07) is 4.75. The van der Waals surface area contributed by atoms with Crippen LogP contribution in [0.1, 0.15) is 0 Å². The van der Waals surface area contributed by atoms with Gasteiger partial charge in [-0.05, 0) is 34.1 Å². The minimum atomic E-state index is -3.67. The minimum absolute atomic E-state index is 0.0477. The molecule has 0 radical (unpaired) electrons. The SMILES string of the molecule is O=S(=O)(Nc1ccc(Br)c(Cl)c1)c1cnc(Cl)s1. The average molecular weight is 388 g/mol. The van der Waals surface area contributed by atoms with E-state index in [0.717, 1.165) is 11.3 Å². The van der Waals surface area contributed by atoms with Gasteiger partial charge >= 0.3 is 0 Å². The predicted octanol–water partition coefficient (Wildman–Crippen LogP) is 4.01. The molecule has 2 rings (SSSR count). The van der Waals surface area contributed by atoms with E-state index < -0.39 is 10.0 Å². The van der Waals surface area contributed by atoms with Gasteiger partial charge in [-0.25, -0.2) is 13.4 Å². The highest BCUT2D eigenvalue weighted by atomic mass is 79.9. The second kappa shape index (κ2) is 5.34. The fourth-order valence-electron chi connectivity index (χ4n) is 1.13. The molecule has 4 nitrogen and oxygen atoms in total. The molecule has 9 heteroatoms. The van der Waals surface area contributed by atoms with Crippen LogP contribution in [0.15, 0.2) is 33.1 Å². The number of hydrogen-bond acceptors (Lipinski definition) is 4. The molecule has 0 saturated heterocycles. The molecular weight excluding hydrogens is 383 g/mol. The third-order valence-corrected chi connectivity index (χ3v) is 6.08. The standard InChI is InChI=1S/C9H5BrCl2N2O2S2/c10-6-2-1-5(3-7(6)11)14-18(15,16)8-4-13-9(12)17-8/h1-4,14H. The molecule has 0 fully saturated rings. The van der Waals surface area contributed by atoms with Gasteiger partial charge in [0, 0.05) is 4.47 Å². The molecule has 96 valence electrons. The van der Waals surface area contributed by atoms with E-state index in [1.165, 1.54) is 12.3 Å². The lowest BCUT2D eigenvalue weighted by atomic mass is 10.3. The van der Waals surface area contributed by atoms with Crippen LogP contribution in [-0.4, -0.2) is 13.4 Å². The Morgan fingerprint density at radius 3 is 2.61 bits per heavy atom. The zero-order valence-electron chi connectivity index (χ0n) is 8.52. The summed E-state index contributed by atoms with van der Waals surface area (Å²) < 4.78 is 27.2. The smallest absolute Gasteiger partial charge is 0.273 e. The molecular formula is C9H5BrCl2N2O2S2. The minimum Gasteiger partial charge on any atom is -0.279 e. The number of hydrogen-bond donors (Lipinski definition) is 1. The molecule has 0 atom stereocenters. The Kier molecular flexibility index (Phi) is 4.18. The summed E-state index contributed by atoms with van der Waals surface area (Å²) in [5.41, 5.74) is 0.368. The Hall–Kier alpha value is -0.340. The Morgan fingerprint density at radius 1 is 1.33 bits per heavy atom. The van der Waals surface area contributed by atoms with Gasteiger partial charge in [-0.15, -0.1) is 0 Å². The van der Waals surface area contributed by atoms with Crippen molar-refractivity contribution in [1.29, 1.82) is 0 Å². The molecule has 1 heterocycles. The van der Waals surface area contributed by atoms with Gasteiger partial charge in [-0.2, -0.15) is 0 Å². The number of nitrogens with zero attached hydrogens (tertiary/aromatic N) is 1. The van der Waals surface area contributed by atoms with Crippen molar-refractivity contribution in [3.8, 4) is 0 Å². The van der Waals surface area contributed by atoms with Gasteiger partial charge in [0.2, 0.25) is 0 Å². The van der Waals surface area contributed by atoms with Crippen molar-refractivity contribution in [3.05, 3.63) is 38.4 Å². The number of aromatic nitrogens is 1. The first-order valence-corrected chi connectivity index (χ1v) is 8.32. The maximum atomic E-state index is 12.0. The lowest BCUT2D eigenvalue weighted by Gasteiger charge is -2.06. The monoisotopic (exact) mass is 386 g/mol. The number of halogens is 3. The Bertz CT molecular complexity index is 688. The van der Waals surface area contributed by atoms with Crippen molar-refractivity contribution in [3.63, 3.8) is 0 Å². The van der Waals surface area contributed by atoms with Crippen molar-refractivity contribution in [2.45, 2.75) is 4.21 Å². The largest absolute Gasteiger partial charge is 0.279 e. The van der Waals surface area contributed by atoms with Gasteiger partial charge in [0.05, 0.1) is 16.9 Å². The van der Waals surface area contributed by atoms with Crippen LogP contribution in [0.25, 0.3) is 0 Å². The lowest BCUT2D eigenvalue weighted by molar-refractivity contribution is 0.603. The van der Waals surface area contributed by atoms with E-state index >= 15 is 0 Å². The first-order chi connectivity index (χ1) is 8.38. The quantitative estimate of drug-likeness (QED) is 0.865. The normalized spacial score (nSPS) is 11.5. The summed E-state index contributed by atoms with van der Waals surface area (Å²) in [7, 11) is -3.67. The van der Waals surface area contributed by atoms with Gasteiger partial charge in [0.15, 0.2) is 8.68 Å². The number of rotatable bonds is 3. The number of anilines is 1. The topological polar surface area (TPSA) is 59.1 Å². The molecule has 0 aliphatic rings. The molecule has 2 aromatic rings. The number of sulfonamides is 1. The molecule has 0 amide bonds. The second-order valence-corrected chi connectivity index (χ2v) is 7.95. The summed E-state index contributed by atoms with van der Waals surface area (Å²) >= 11 is 15.6. The van der Waals surface area contributed by atoms with Gasteiger partial charge in [0.1, 0.15) is 0 Å². The van der Waals surface area contributed by atoms with Crippen LogP contribution in [0.5, 0.6) is 0 Å². The van der Waals surface area contributed by atoms with E-state index in [4.69, 9.17) is 23.2 Å². The highest BCUT2D eigenvalue weighted by Crippen LogP contribution is 2.28. The van der Waals surface area contributed by atoms with Crippen LogP contribution in [-0.2, 0) is 10.0 Å². The third kappa shape index (κ3) is 3.16. The van der Waals surface area contributed by atoms with Crippen LogP contribution < -0.4 is 4.72 Å². The van der Waals surface area contributed by atoms with Crippen molar-refractivity contribution in [2.24, 2.45) is 0 Å². The summed E-state index contributed by atoms with van der Waals surface area (Å²) in [6.45, 7) is 0. The zero-order valence-corrected chi connectivity index (χ0v) is 13.3. The van der Waals surface area contributed by atoms with E-state index in [1.54, 1.807) is 12.1 Å². The first kappa shape index (κ1) is 14.1. The van der Waals surface area contributed by atoms with Gasteiger partial charge in [-0.1, -0.05) is 34.5 Å². The summed E-state index contributed by atoms with van der Waals surface area (Å²) in [6.07, 6.45) is 1.20. The van der Waals surface area contributed by atoms with Crippen molar-refractivity contribution < 1.29 is 8.42 Å². The van der Waals surface area contributed by atoms with Gasteiger partial charge in [-0.3, -0.25) is 4.72 Å². The highest BCUT2D eigenvalue weighted by molar-refractivity contribution is 9.10. The molecule has 1 N–H and O–H groups in total. The maximum Gasteiger partial charge on any atom is 0.273 e. The summed E-state index contributed by atoms with van der Waals surface area (Å²) in [4.78, 5) is 3.69. The molecule has 0 aliphatic heterocycles. The van der Waals surface area contributed by atoms with Crippen LogP contribution >= 0.6 is 50.5 Å². The van der Waals surface area contributed by atoms with Crippen LogP contribution in [0.3, 0.4) is 0 Å². The van der Waals surface area contributed by atoms with Crippen molar-refractivity contribution in [1.82, 2.24) is 4.98 Å². The molecule has 0 bridgehead atoms. The van der Waals surface area contributed by atoms with E-state index in [0.29, 0.717) is 15.2 Å². The Balaban J connectivity index is 2.30. The molecule has 0 unspecified atom stereocenters. The molecule has 1 aromatic carbocycles. The van der Waals surface area contributed by atoms with E-state index in [1.807, 2.05) is 0 Å².